The van der Waals surface area contributed by atoms with Gasteiger partial charge in [0, 0.05) is 45.3 Å². The van der Waals surface area contributed by atoms with Crippen LogP contribution < -0.4 is 10.6 Å². The molecule has 2 fully saturated rings. The van der Waals surface area contributed by atoms with Crippen LogP contribution in [0.3, 0.4) is 0 Å². The van der Waals surface area contributed by atoms with Gasteiger partial charge < -0.3 is 20.4 Å². The van der Waals surface area contributed by atoms with Crippen LogP contribution in [0.4, 0.5) is 0 Å². The summed E-state index contributed by atoms with van der Waals surface area (Å²) in [5.74, 6) is 0.964. The van der Waals surface area contributed by atoms with Crippen LogP contribution in [0.15, 0.2) is 4.99 Å². The number of guanidine groups is 1. The van der Waals surface area contributed by atoms with E-state index in [9.17, 15) is 0 Å². The van der Waals surface area contributed by atoms with Gasteiger partial charge in [-0.3, -0.25) is 9.89 Å². The molecule has 1 atom stereocenters. The Morgan fingerprint density at radius 2 is 1.83 bits per heavy atom. The zero-order valence-corrected chi connectivity index (χ0v) is 15.4. The molecule has 0 amide bonds. The number of rotatable bonds is 6. The molecule has 0 radical (unpaired) electrons. The van der Waals surface area contributed by atoms with Crippen molar-refractivity contribution < 1.29 is 0 Å². The maximum absolute atomic E-state index is 4.81. The Labute approximate surface area is 142 Å². The Morgan fingerprint density at radius 3 is 2.57 bits per heavy atom. The molecule has 0 aliphatic carbocycles. The van der Waals surface area contributed by atoms with Crippen LogP contribution in [0, 0.1) is 0 Å². The van der Waals surface area contributed by atoms with Crippen molar-refractivity contribution in [1.82, 2.24) is 25.3 Å². The Hall–Kier alpha value is -0.850. The summed E-state index contributed by atoms with van der Waals surface area (Å²) >= 11 is 0. The van der Waals surface area contributed by atoms with Crippen molar-refractivity contribution in [3.8, 4) is 0 Å². The van der Waals surface area contributed by atoms with Gasteiger partial charge in [0.2, 0.25) is 0 Å². The van der Waals surface area contributed by atoms with Crippen molar-refractivity contribution in [2.75, 3.05) is 73.0 Å². The first kappa shape index (κ1) is 18.5. The lowest BCUT2D eigenvalue weighted by atomic mass is 10.1. The normalized spacial score (nSPS) is 25.5. The van der Waals surface area contributed by atoms with E-state index >= 15 is 0 Å². The molecule has 2 aliphatic heterocycles. The molecule has 134 valence electrons. The zero-order valence-electron chi connectivity index (χ0n) is 15.4. The molecule has 0 aromatic carbocycles. The van der Waals surface area contributed by atoms with Gasteiger partial charge in [-0.25, -0.2) is 0 Å². The van der Waals surface area contributed by atoms with E-state index < -0.39 is 0 Å². The molecule has 1 unspecified atom stereocenters. The maximum atomic E-state index is 4.81. The molecule has 6 heteroatoms. The molecule has 2 rings (SSSR count). The third kappa shape index (κ3) is 6.65. The Kier molecular flexibility index (Phi) is 8.12. The topological polar surface area (TPSA) is 46.1 Å². The first-order valence-electron chi connectivity index (χ1n) is 9.32. The fourth-order valence-electron chi connectivity index (χ4n) is 3.35. The van der Waals surface area contributed by atoms with E-state index in [1.54, 1.807) is 0 Å². The van der Waals surface area contributed by atoms with E-state index in [0.717, 1.165) is 51.8 Å². The number of likely N-dealkylation sites (tertiary alicyclic amines) is 1. The Bertz CT molecular complexity index is 353. The van der Waals surface area contributed by atoms with Gasteiger partial charge in [0.05, 0.1) is 6.54 Å². The molecule has 6 nitrogen and oxygen atoms in total. The second-order valence-corrected chi connectivity index (χ2v) is 6.95. The van der Waals surface area contributed by atoms with Gasteiger partial charge >= 0.3 is 0 Å². The summed E-state index contributed by atoms with van der Waals surface area (Å²) < 4.78 is 0. The number of nitrogens with one attached hydrogen (secondary N) is 2. The highest BCUT2D eigenvalue weighted by Gasteiger charge is 2.21. The quantitative estimate of drug-likeness (QED) is 0.543. The number of piperidine rings is 1. The summed E-state index contributed by atoms with van der Waals surface area (Å²) in [5.41, 5.74) is 0. The van der Waals surface area contributed by atoms with E-state index in [1.807, 2.05) is 0 Å². The highest BCUT2D eigenvalue weighted by molar-refractivity contribution is 5.79. The second kappa shape index (κ2) is 10.1. The molecular formula is C17H36N6. The highest BCUT2D eigenvalue weighted by Crippen LogP contribution is 2.07. The fourth-order valence-corrected chi connectivity index (χ4v) is 3.35. The first-order chi connectivity index (χ1) is 11.2. The molecular weight excluding hydrogens is 288 g/mol. The summed E-state index contributed by atoms with van der Waals surface area (Å²) in [4.78, 5) is 12.2. The summed E-state index contributed by atoms with van der Waals surface area (Å²) in [7, 11) is 4.41. The molecule has 23 heavy (non-hydrogen) atoms. The van der Waals surface area contributed by atoms with Crippen LogP contribution in [0.5, 0.6) is 0 Å². The van der Waals surface area contributed by atoms with Crippen molar-refractivity contribution in [2.45, 2.75) is 32.2 Å². The lowest BCUT2D eigenvalue weighted by molar-refractivity contribution is 0.119. The lowest BCUT2D eigenvalue weighted by Gasteiger charge is -2.37. The minimum atomic E-state index is 0.520. The second-order valence-electron chi connectivity index (χ2n) is 6.95. The molecule has 2 saturated heterocycles. The minimum absolute atomic E-state index is 0.520. The van der Waals surface area contributed by atoms with Gasteiger partial charge in [0.15, 0.2) is 5.96 Å². The van der Waals surface area contributed by atoms with Gasteiger partial charge in [-0.2, -0.15) is 0 Å². The standard InChI is InChI=1S/C17H36N6/c1-4-18-17(19-8-11-23-9-6-5-7-10-23)20-14-16-15-21(2)12-13-22(16)3/h16H,4-15H2,1-3H3,(H2,18,19,20). The summed E-state index contributed by atoms with van der Waals surface area (Å²) in [6.45, 7) is 11.9. The van der Waals surface area contributed by atoms with Gasteiger partial charge in [0.25, 0.3) is 0 Å². The van der Waals surface area contributed by atoms with Crippen LogP contribution in [0.1, 0.15) is 26.2 Å². The molecule has 2 heterocycles. The van der Waals surface area contributed by atoms with Crippen molar-refractivity contribution >= 4 is 5.96 Å². The number of piperazine rings is 1. The van der Waals surface area contributed by atoms with Crippen LogP contribution in [-0.2, 0) is 0 Å². The van der Waals surface area contributed by atoms with E-state index in [4.69, 9.17) is 4.99 Å². The number of hydrogen-bond donors (Lipinski definition) is 2. The molecule has 0 spiro atoms. The summed E-state index contributed by atoms with van der Waals surface area (Å²) in [6.07, 6.45) is 4.11. The van der Waals surface area contributed by atoms with Crippen molar-refractivity contribution in [2.24, 2.45) is 4.99 Å². The van der Waals surface area contributed by atoms with E-state index in [1.165, 1.54) is 32.4 Å². The first-order valence-corrected chi connectivity index (χ1v) is 9.32. The largest absolute Gasteiger partial charge is 0.357 e. The number of aliphatic imine (C=N–C) groups is 1. The molecule has 0 bridgehead atoms. The van der Waals surface area contributed by atoms with Crippen LogP contribution in [0.2, 0.25) is 0 Å². The monoisotopic (exact) mass is 324 g/mol. The van der Waals surface area contributed by atoms with E-state index in [-0.39, 0.29) is 0 Å². The average molecular weight is 325 g/mol. The average Bonchev–Trinajstić information content (AvgIpc) is 2.56. The molecule has 2 aliphatic rings. The number of likely N-dealkylation sites (N-methyl/N-ethyl adjacent to an activating group) is 2. The van der Waals surface area contributed by atoms with Crippen LogP contribution in [-0.4, -0.2) is 99.7 Å². The van der Waals surface area contributed by atoms with Crippen molar-refractivity contribution in [3.05, 3.63) is 0 Å². The maximum Gasteiger partial charge on any atom is 0.191 e. The molecule has 2 N–H and O–H groups in total. The van der Waals surface area contributed by atoms with Crippen LogP contribution in [0.25, 0.3) is 0 Å². The molecule has 0 aromatic rings. The lowest BCUT2D eigenvalue weighted by Crippen LogP contribution is -2.51. The SMILES string of the molecule is CCNC(=NCC1CN(C)CCN1C)NCCN1CCCCC1. The fraction of sp³-hybridized carbons (Fsp3) is 0.941. The molecule has 0 aromatic heterocycles. The number of nitrogens with zero attached hydrogens (tertiary/aromatic N) is 4. The summed E-state index contributed by atoms with van der Waals surface area (Å²) in [6, 6.07) is 0.520. The van der Waals surface area contributed by atoms with Gasteiger partial charge in [-0.1, -0.05) is 6.42 Å². The zero-order chi connectivity index (χ0) is 16.5. The number of hydrogen-bond acceptors (Lipinski definition) is 4. The van der Waals surface area contributed by atoms with Crippen LogP contribution >= 0.6 is 0 Å². The smallest absolute Gasteiger partial charge is 0.191 e. The predicted octanol–water partition coefficient (Wildman–Crippen LogP) is 0.273. The van der Waals surface area contributed by atoms with Crippen molar-refractivity contribution in [1.29, 1.82) is 0 Å². The third-order valence-corrected chi connectivity index (χ3v) is 4.95. The third-order valence-electron chi connectivity index (χ3n) is 4.95. The van der Waals surface area contributed by atoms with E-state index in [0.29, 0.717) is 6.04 Å². The van der Waals surface area contributed by atoms with Gasteiger partial charge in [-0.15, -0.1) is 0 Å². The van der Waals surface area contributed by atoms with Gasteiger partial charge in [0.1, 0.15) is 0 Å². The predicted molar refractivity (Wildman–Crippen MR) is 98.2 cm³/mol. The van der Waals surface area contributed by atoms with Gasteiger partial charge in [-0.05, 0) is 47.0 Å². The highest BCUT2D eigenvalue weighted by atomic mass is 15.3. The Morgan fingerprint density at radius 1 is 1.04 bits per heavy atom. The molecule has 0 saturated carbocycles. The van der Waals surface area contributed by atoms with Crippen molar-refractivity contribution in [3.63, 3.8) is 0 Å². The summed E-state index contributed by atoms with van der Waals surface area (Å²) in [5, 5.41) is 6.87. The Balaban J connectivity index is 1.74. The van der Waals surface area contributed by atoms with E-state index in [2.05, 4.69) is 46.4 Å². The minimum Gasteiger partial charge on any atom is -0.357 e.